The number of alkyl halides is 3. The predicted octanol–water partition coefficient (Wildman–Crippen LogP) is 4.66. The molecule has 0 saturated carbocycles. The Morgan fingerprint density at radius 3 is 2.67 bits per heavy atom. The monoisotopic (exact) mass is 354 g/mol. The van der Waals surface area contributed by atoms with Gasteiger partial charge in [0.05, 0.1) is 17.2 Å². The molecule has 0 fully saturated rings. The van der Waals surface area contributed by atoms with Gasteiger partial charge in [0.2, 0.25) is 5.88 Å². The van der Waals surface area contributed by atoms with Gasteiger partial charge in [-0.15, -0.1) is 0 Å². The van der Waals surface area contributed by atoms with E-state index in [9.17, 15) is 18.3 Å². The fourth-order valence-corrected chi connectivity index (χ4v) is 1.98. The van der Waals surface area contributed by atoms with Crippen LogP contribution < -0.4 is 4.74 Å². The standard InChI is InChI=1S/C16H10ClF3N2O2/c1-9(7-21)14(23)10-3-2-4-12(5-10)24-15-13(17)6-11(8-22-15)16(18,19)20/h2-6,8,14,23H,1H2. The zero-order valence-electron chi connectivity index (χ0n) is 12.0. The van der Waals surface area contributed by atoms with Crippen LogP contribution >= 0.6 is 11.6 Å². The topological polar surface area (TPSA) is 66.1 Å². The van der Waals surface area contributed by atoms with Crippen LogP contribution in [0.1, 0.15) is 17.2 Å². The minimum atomic E-state index is -4.56. The van der Waals surface area contributed by atoms with Gasteiger partial charge in [-0.25, -0.2) is 4.98 Å². The van der Waals surface area contributed by atoms with E-state index in [1.54, 1.807) is 12.1 Å². The molecule has 0 spiro atoms. The highest BCUT2D eigenvalue weighted by molar-refractivity contribution is 6.31. The number of aliphatic hydroxyl groups is 1. The minimum absolute atomic E-state index is 0.0576. The lowest BCUT2D eigenvalue weighted by molar-refractivity contribution is -0.137. The van der Waals surface area contributed by atoms with Gasteiger partial charge < -0.3 is 9.84 Å². The van der Waals surface area contributed by atoms with Crippen LogP contribution in [0.2, 0.25) is 5.02 Å². The van der Waals surface area contributed by atoms with Crippen molar-refractivity contribution in [1.29, 1.82) is 5.26 Å². The molecule has 0 amide bonds. The summed E-state index contributed by atoms with van der Waals surface area (Å²) in [6.45, 7) is 3.42. The van der Waals surface area contributed by atoms with Gasteiger partial charge in [0.1, 0.15) is 16.9 Å². The van der Waals surface area contributed by atoms with E-state index in [4.69, 9.17) is 21.6 Å². The number of halogens is 4. The number of aromatic nitrogens is 1. The van der Waals surface area contributed by atoms with Crippen LogP contribution in [-0.4, -0.2) is 10.1 Å². The van der Waals surface area contributed by atoms with Gasteiger partial charge in [0.15, 0.2) is 0 Å². The van der Waals surface area contributed by atoms with Gasteiger partial charge in [0, 0.05) is 6.20 Å². The number of nitriles is 1. The fourth-order valence-electron chi connectivity index (χ4n) is 1.78. The van der Waals surface area contributed by atoms with Crippen LogP contribution in [0.4, 0.5) is 13.2 Å². The van der Waals surface area contributed by atoms with E-state index in [0.29, 0.717) is 17.8 Å². The van der Waals surface area contributed by atoms with Crippen molar-refractivity contribution in [2.45, 2.75) is 12.3 Å². The molecule has 0 aliphatic carbocycles. The molecular formula is C16H10ClF3N2O2. The summed E-state index contributed by atoms with van der Waals surface area (Å²) in [5, 5.41) is 18.3. The third kappa shape index (κ3) is 4.04. The lowest BCUT2D eigenvalue weighted by Gasteiger charge is -2.12. The van der Waals surface area contributed by atoms with E-state index in [-0.39, 0.29) is 22.2 Å². The van der Waals surface area contributed by atoms with Crippen molar-refractivity contribution in [2.75, 3.05) is 0 Å². The molecule has 1 unspecified atom stereocenters. The van der Waals surface area contributed by atoms with E-state index in [1.807, 2.05) is 0 Å². The second-order valence-corrected chi connectivity index (χ2v) is 5.13. The molecule has 0 saturated heterocycles. The number of benzene rings is 1. The van der Waals surface area contributed by atoms with Crippen LogP contribution in [0, 0.1) is 11.3 Å². The molecule has 8 heteroatoms. The Kier molecular flexibility index (Phi) is 5.12. The Hall–Kier alpha value is -2.56. The van der Waals surface area contributed by atoms with Crippen LogP contribution in [0.5, 0.6) is 11.6 Å². The first-order valence-electron chi connectivity index (χ1n) is 6.50. The Morgan fingerprint density at radius 2 is 2.08 bits per heavy atom. The van der Waals surface area contributed by atoms with Crippen molar-refractivity contribution >= 4 is 11.6 Å². The van der Waals surface area contributed by atoms with Crippen molar-refractivity contribution < 1.29 is 23.0 Å². The predicted molar refractivity (Wildman–Crippen MR) is 80.5 cm³/mol. The molecule has 1 N–H and O–H groups in total. The highest BCUT2D eigenvalue weighted by Gasteiger charge is 2.31. The molecule has 0 radical (unpaired) electrons. The van der Waals surface area contributed by atoms with Gasteiger partial charge in [-0.3, -0.25) is 0 Å². The van der Waals surface area contributed by atoms with Crippen molar-refractivity contribution in [3.05, 3.63) is 64.8 Å². The second kappa shape index (κ2) is 6.91. The van der Waals surface area contributed by atoms with E-state index < -0.39 is 17.8 Å². The SMILES string of the molecule is C=C(C#N)C(O)c1cccc(Oc2ncc(C(F)(F)F)cc2Cl)c1. The quantitative estimate of drug-likeness (QED) is 0.811. The number of hydrogen-bond donors (Lipinski definition) is 1. The Bertz CT molecular complexity index is 816. The average molecular weight is 355 g/mol. The number of pyridine rings is 1. The summed E-state index contributed by atoms with van der Waals surface area (Å²) >= 11 is 5.77. The van der Waals surface area contributed by atoms with Crippen LogP contribution in [0.15, 0.2) is 48.7 Å². The summed E-state index contributed by atoms with van der Waals surface area (Å²) in [4.78, 5) is 3.56. The summed E-state index contributed by atoms with van der Waals surface area (Å²) in [5.41, 5.74) is -0.714. The maximum atomic E-state index is 12.6. The first kappa shape index (κ1) is 17.8. The number of hydrogen-bond acceptors (Lipinski definition) is 4. The Morgan fingerprint density at radius 1 is 1.38 bits per heavy atom. The van der Waals surface area contributed by atoms with Crippen molar-refractivity contribution in [1.82, 2.24) is 4.98 Å². The summed E-state index contributed by atoms with van der Waals surface area (Å²) in [7, 11) is 0. The highest BCUT2D eigenvalue weighted by Crippen LogP contribution is 2.35. The molecule has 1 aromatic carbocycles. The van der Waals surface area contributed by atoms with Crippen LogP contribution in [0.25, 0.3) is 0 Å². The number of nitrogens with zero attached hydrogens (tertiary/aromatic N) is 2. The van der Waals surface area contributed by atoms with E-state index in [0.717, 1.165) is 0 Å². The molecule has 4 nitrogen and oxygen atoms in total. The van der Waals surface area contributed by atoms with Crippen LogP contribution in [-0.2, 0) is 6.18 Å². The second-order valence-electron chi connectivity index (χ2n) is 4.72. The zero-order chi connectivity index (χ0) is 17.9. The minimum Gasteiger partial charge on any atom is -0.438 e. The lowest BCUT2D eigenvalue weighted by atomic mass is 10.0. The van der Waals surface area contributed by atoms with E-state index >= 15 is 0 Å². The Balaban J connectivity index is 2.26. The van der Waals surface area contributed by atoms with Gasteiger partial charge in [-0.2, -0.15) is 18.4 Å². The number of aliphatic hydroxyl groups excluding tert-OH is 1. The molecule has 0 aliphatic rings. The van der Waals surface area contributed by atoms with Crippen LogP contribution in [0.3, 0.4) is 0 Å². The first-order valence-corrected chi connectivity index (χ1v) is 6.87. The molecule has 0 bridgehead atoms. The summed E-state index contributed by atoms with van der Waals surface area (Å²) < 4.78 is 43.1. The first-order chi connectivity index (χ1) is 11.2. The summed E-state index contributed by atoms with van der Waals surface area (Å²) in [6.07, 6.45) is -5.16. The third-order valence-corrected chi connectivity index (χ3v) is 3.27. The summed E-state index contributed by atoms with van der Waals surface area (Å²) in [5.74, 6) is -0.0261. The van der Waals surface area contributed by atoms with Crippen molar-refractivity contribution in [3.8, 4) is 17.7 Å². The van der Waals surface area contributed by atoms with Crippen molar-refractivity contribution in [2.24, 2.45) is 0 Å². The largest absolute Gasteiger partial charge is 0.438 e. The maximum Gasteiger partial charge on any atom is 0.417 e. The maximum absolute atomic E-state index is 12.6. The summed E-state index contributed by atoms with van der Waals surface area (Å²) in [6, 6.07) is 8.43. The van der Waals surface area contributed by atoms with E-state index in [1.165, 1.54) is 18.2 Å². The van der Waals surface area contributed by atoms with Gasteiger partial charge >= 0.3 is 6.18 Å². The molecule has 24 heavy (non-hydrogen) atoms. The molecule has 1 atom stereocenters. The average Bonchev–Trinajstić information content (AvgIpc) is 2.54. The molecular weight excluding hydrogens is 345 g/mol. The van der Waals surface area contributed by atoms with Gasteiger partial charge in [-0.1, -0.05) is 30.3 Å². The third-order valence-electron chi connectivity index (χ3n) is 3.00. The van der Waals surface area contributed by atoms with E-state index in [2.05, 4.69) is 11.6 Å². The molecule has 124 valence electrons. The van der Waals surface area contributed by atoms with Gasteiger partial charge in [-0.05, 0) is 23.8 Å². The molecule has 2 aromatic rings. The number of ether oxygens (including phenoxy) is 1. The number of rotatable bonds is 4. The van der Waals surface area contributed by atoms with Crippen molar-refractivity contribution in [3.63, 3.8) is 0 Å². The zero-order valence-corrected chi connectivity index (χ0v) is 12.8. The molecule has 1 heterocycles. The highest BCUT2D eigenvalue weighted by atomic mass is 35.5. The van der Waals surface area contributed by atoms with Gasteiger partial charge in [0.25, 0.3) is 0 Å². The fraction of sp³-hybridized carbons (Fsp3) is 0.125. The molecule has 1 aromatic heterocycles. The molecule has 2 rings (SSSR count). The smallest absolute Gasteiger partial charge is 0.417 e. The molecule has 0 aliphatic heterocycles. The lowest BCUT2D eigenvalue weighted by Crippen LogP contribution is -2.06. The normalized spacial score (nSPS) is 12.3. The Labute approximate surface area is 140 Å².